The van der Waals surface area contributed by atoms with Crippen molar-refractivity contribution in [2.45, 2.75) is 4.90 Å². The lowest BCUT2D eigenvalue weighted by molar-refractivity contribution is 0.568. The van der Waals surface area contributed by atoms with Gasteiger partial charge in [0, 0.05) is 12.1 Å². The summed E-state index contributed by atoms with van der Waals surface area (Å²) in [5, 5.41) is 3.84. The number of hydrogen-bond donors (Lipinski definition) is 1. The number of hydrogen-bond acceptors (Lipinski definition) is 6. The maximum atomic E-state index is 13.2. The average Bonchev–Trinajstić information content (AvgIpc) is 3.00. The lowest BCUT2D eigenvalue weighted by Gasteiger charge is -2.08. The van der Waals surface area contributed by atoms with Crippen molar-refractivity contribution in [3.8, 4) is 5.82 Å². The minimum Gasteiger partial charge on any atom is -0.263 e. The fraction of sp³-hybridized carbons (Fsp3) is 0. The molecule has 2 heterocycles. The first-order valence-corrected chi connectivity index (χ1v) is 7.58. The van der Waals surface area contributed by atoms with Crippen LogP contribution in [-0.2, 0) is 10.0 Å². The summed E-state index contributed by atoms with van der Waals surface area (Å²) in [6.45, 7) is 0. The van der Waals surface area contributed by atoms with Crippen LogP contribution in [0, 0.1) is 11.6 Å². The molecule has 11 heteroatoms. The van der Waals surface area contributed by atoms with Crippen LogP contribution in [0.1, 0.15) is 0 Å². The lowest BCUT2D eigenvalue weighted by Crippen LogP contribution is -2.15. The molecular formula is C12H8F2N6O2S. The first-order chi connectivity index (χ1) is 10.9. The van der Waals surface area contributed by atoms with Gasteiger partial charge in [0.15, 0.2) is 5.82 Å². The first kappa shape index (κ1) is 15.0. The quantitative estimate of drug-likeness (QED) is 0.765. The van der Waals surface area contributed by atoms with Crippen molar-refractivity contribution in [2.24, 2.45) is 0 Å². The highest BCUT2D eigenvalue weighted by Gasteiger charge is 2.17. The van der Waals surface area contributed by atoms with Crippen LogP contribution in [-0.4, -0.2) is 33.2 Å². The molecule has 0 aliphatic heterocycles. The number of halogens is 2. The van der Waals surface area contributed by atoms with Crippen molar-refractivity contribution < 1.29 is 17.2 Å². The van der Waals surface area contributed by atoms with Crippen molar-refractivity contribution in [3.05, 3.63) is 54.9 Å². The molecule has 0 radical (unpaired) electrons. The third kappa shape index (κ3) is 3.29. The van der Waals surface area contributed by atoms with Gasteiger partial charge in [0.2, 0.25) is 0 Å². The third-order valence-electron chi connectivity index (χ3n) is 2.69. The number of rotatable bonds is 4. The minimum atomic E-state index is -4.21. The molecule has 0 aliphatic carbocycles. The van der Waals surface area contributed by atoms with E-state index in [1.165, 1.54) is 23.4 Å². The van der Waals surface area contributed by atoms with Gasteiger partial charge in [-0.15, -0.1) is 0 Å². The Hall–Kier alpha value is -2.95. The van der Waals surface area contributed by atoms with Crippen LogP contribution in [0.3, 0.4) is 0 Å². The SMILES string of the molecule is O=S(=O)(Nc1cc(-n2cncn2)ncn1)c1cc(F)cc(F)c1. The third-order valence-corrected chi connectivity index (χ3v) is 4.03. The molecule has 1 N–H and O–H groups in total. The van der Waals surface area contributed by atoms with Crippen LogP contribution in [0.15, 0.2) is 48.1 Å². The fourth-order valence-corrected chi connectivity index (χ4v) is 2.78. The van der Waals surface area contributed by atoms with E-state index in [0.717, 1.165) is 6.33 Å². The van der Waals surface area contributed by atoms with Gasteiger partial charge in [-0.25, -0.2) is 36.8 Å². The van der Waals surface area contributed by atoms with Gasteiger partial charge in [0.25, 0.3) is 10.0 Å². The number of nitrogens with one attached hydrogen (secondary N) is 1. The number of anilines is 1. The first-order valence-electron chi connectivity index (χ1n) is 6.10. The van der Waals surface area contributed by atoms with Gasteiger partial charge in [-0.1, -0.05) is 0 Å². The molecule has 0 fully saturated rings. The smallest absolute Gasteiger partial charge is 0.263 e. The lowest BCUT2D eigenvalue weighted by atomic mass is 10.3. The molecule has 8 nitrogen and oxygen atoms in total. The fourth-order valence-electron chi connectivity index (χ4n) is 1.73. The van der Waals surface area contributed by atoms with Gasteiger partial charge < -0.3 is 0 Å². The van der Waals surface area contributed by atoms with Crippen molar-refractivity contribution in [1.29, 1.82) is 0 Å². The highest BCUT2D eigenvalue weighted by molar-refractivity contribution is 7.92. The van der Waals surface area contributed by atoms with E-state index < -0.39 is 26.6 Å². The van der Waals surface area contributed by atoms with E-state index in [4.69, 9.17) is 0 Å². The summed E-state index contributed by atoms with van der Waals surface area (Å²) >= 11 is 0. The van der Waals surface area contributed by atoms with Gasteiger partial charge >= 0.3 is 0 Å². The Bertz CT molecular complexity index is 926. The van der Waals surface area contributed by atoms with Crippen LogP contribution in [0.4, 0.5) is 14.6 Å². The van der Waals surface area contributed by atoms with Crippen LogP contribution < -0.4 is 4.72 Å². The zero-order valence-corrected chi connectivity index (χ0v) is 12.1. The highest BCUT2D eigenvalue weighted by atomic mass is 32.2. The number of aromatic nitrogens is 5. The maximum absolute atomic E-state index is 13.2. The number of nitrogens with zero attached hydrogens (tertiary/aromatic N) is 5. The molecule has 0 atom stereocenters. The summed E-state index contributed by atoms with van der Waals surface area (Å²) in [6.07, 6.45) is 3.76. The monoisotopic (exact) mass is 338 g/mol. The second kappa shape index (κ2) is 5.68. The summed E-state index contributed by atoms with van der Waals surface area (Å²) in [5.74, 6) is -1.83. The number of sulfonamides is 1. The van der Waals surface area contributed by atoms with Gasteiger partial charge in [-0.05, 0) is 12.1 Å². The van der Waals surface area contributed by atoms with Crippen molar-refractivity contribution in [3.63, 3.8) is 0 Å². The molecule has 1 aromatic carbocycles. The molecule has 0 bridgehead atoms. The summed E-state index contributed by atoms with van der Waals surface area (Å²) < 4.78 is 54.1. The van der Waals surface area contributed by atoms with E-state index in [0.29, 0.717) is 18.2 Å². The number of benzene rings is 1. The molecule has 0 amide bonds. The molecule has 0 spiro atoms. The Labute approximate surface area is 128 Å². The van der Waals surface area contributed by atoms with Crippen LogP contribution in [0.25, 0.3) is 5.82 Å². The molecule has 3 aromatic rings. The standard InChI is InChI=1S/C12H8F2N6O2S/c13-8-1-9(14)3-10(2-8)23(21,22)19-11-4-12(17-6-16-11)20-7-15-5-18-20/h1-7H,(H,16,17,19). The molecular weight excluding hydrogens is 330 g/mol. The molecule has 2 aromatic heterocycles. The predicted octanol–water partition coefficient (Wildman–Crippen LogP) is 1.14. The van der Waals surface area contributed by atoms with E-state index in [2.05, 4.69) is 24.8 Å². The molecule has 0 unspecified atom stereocenters. The Morgan fingerprint density at radius 3 is 2.39 bits per heavy atom. The van der Waals surface area contributed by atoms with E-state index >= 15 is 0 Å². The largest absolute Gasteiger partial charge is 0.263 e. The Kier molecular flexibility index (Phi) is 3.70. The Morgan fingerprint density at radius 2 is 1.74 bits per heavy atom. The van der Waals surface area contributed by atoms with Crippen LogP contribution in [0.2, 0.25) is 0 Å². The highest BCUT2D eigenvalue weighted by Crippen LogP contribution is 2.17. The van der Waals surface area contributed by atoms with Gasteiger partial charge in [0.1, 0.15) is 36.4 Å². The van der Waals surface area contributed by atoms with Crippen molar-refractivity contribution >= 4 is 15.8 Å². The summed E-state index contributed by atoms with van der Waals surface area (Å²) in [5.41, 5.74) is 0. The molecule has 23 heavy (non-hydrogen) atoms. The van der Waals surface area contributed by atoms with Gasteiger partial charge in [-0.2, -0.15) is 5.10 Å². The second-order valence-corrected chi connectivity index (χ2v) is 5.99. The average molecular weight is 338 g/mol. The van der Waals surface area contributed by atoms with E-state index in [9.17, 15) is 17.2 Å². The Balaban J connectivity index is 1.93. The van der Waals surface area contributed by atoms with E-state index in [-0.39, 0.29) is 11.6 Å². The molecule has 3 rings (SSSR count). The topological polar surface area (TPSA) is 103 Å². The normalized spacial score (nSPS) is 11.4. The van der Waals surface area contributed by atoms with Crippen molar-refractivity contribution in [1.82, 2.24) is 24.7 Å². The second-order valence-electron chi connectivity index (χ2n) is 4.31. The van der Waals surface area contributed by atoms with Crippen LogP contribution in [0.5, 0.6) is 0 Å². The molecule has 0 aliphatic rings. The Morgan fingerprint density at radius 1 is 1.00 bits per heavy atom. The van der Waals surface area contributed by atoms with Gasteiger partial charge in [0.05, 0.1) is 4.90 Å². The van der Waals surface area contributed by atoms with E-state index in [1.807, 2.05) is 0 Å². The molecule has 0 saturated heterocycles. The maximum Gasteiger partial charge on any atom is 0.263 e. The van der Waals surface area contributed by atoms with Crippen molar-refractivity contribution in [2.75, 3.05) is 4.72 Å². The minimum absolute atomic E-state index is 0.0878. The van der Waals surface area contributed by atoms with E-state index in [1.54, 1.807) is 0 Å². The molecule has 0 saturated carbocycles. The zero-order valence-electron chi connectivity index (χ0n) is 11.3. The van der Waals surface area contributed by atoms with Gasteiger partial charge in [-0.3, -0.25) is 4.72 Å². The summed E-state index contributed by atoms with van der Waals surface area (Å²) in [7, 11) is -4.21. The zero-order chi connectivity index (χ0) is 16.4. The predicted molar refractivity (Wildman–Crippen MR) is 74.1 cm³/mol. The van der Waals surface area contributed by atoms with Crippen LogP contribution >= 0.6 is 0 Å². The summed E-state index contributed by atoms with van der Waals surface area (Å²) in [4.78, 5) is 10.8. The molecule has 118 valence electrons. The summed E-state index contributed by atoms with van der Waals surface area (Å²) in [6, 6.07) is 3.27.